The molecule has 0 saturated carbocycles. The highest BCUT2D eigenvalue weighted by Gasteiger charge is 2.30. The molecule has 2 fully saturated rings. The van der Waals surface area contributed by atoms with E-state index >= 15 is 0 Å². The average Bonchev–Trinajstić information content (AvgIpc) is 3.89. The lowest BCUT2D eigenvalue weighted by molar-refractivity contribution is 0.0691. The quantitative estimate of drug-likeness (QED) is 0.110. The van der Waals surface area contributed by atoms with Gasteiger partial charge in [-0.2, -0.15) is 0 Å². The second kappa shape index (κ2) is 16.2. The Labute approximate surface area is 321 Å². The summed E-state index contributed by atoms with van der Waals surface area (Å²) in [5.74, 6) is -0.961. The topological polar surface area (TPSA) is 150 Å². The van der Waals surface area contributed by atoms with E-state index in [2.05, 4.69) is 65.5 Å². The van der Waals surface area contributed by atoms with E-state index in [0.717, 1.165) is 54.6 Å². The molecule has 2 aliphatic heterocycles. The maximum Gasteiger partial charge on any atom is 0.352 e. The van der Waals surface area contributed by atoms with Crippen LogP contribution in [0.4, 0.5) is 0 Å². The number of amides is 1. The summed E-state index contributed by atoms with van der Waals surface area (Å²) in [5, 5.41) is 14.0. The molecule has 4 aromatic heterocycles. The number of nitrogens with one attached hydrogen (secondary N) is 3. The number of hydrogen-bond donors (Lipinski definition) is 5. The van der Waals surface area contributed by atoms with Crippen molar-refractivity contribution in [2.24, 2.45) is 5.73 Å². The molecule has 2 aromatic carbocycles. The maximum atomic E-state index is 12.6. The number of fused-ring (bicyclic) bond motifs is 2. The van der Waals surface area contributed by atoms with Crippen LogP contribution in [0.1, 0.15) is 57.8 Å². The third kappa shape index (κ3) is 9.81. The molecule has 6 heterocycles. The molecular formula is C40H52N6O3S2Si2. The van der Waals surface area contributed by atoms with Gasteiger partial charge in [0, 0.05) is 39.4 Å². The van der Waals surface area contributed by atoms with E-state index in [4.69, 9.17) is 15.8 Å². The zero-order valence-corrected chi connectivity index (χ0v) is 35.3. The van der Waals surface area contributed by atoms with Gasteiger partial charge in [-0.3, -0.25) is 4.79 Å². The predicted octanol–water partition coefficient (Wildman–Crippen LogP) is 10.3. The van der Waals surface area contributed by atoms with Crippen molar-refractivity contribution >= 4 is 71.4 Å². The summed E-state index contributed by atoms with van der Waals surface area (Å²) in [6.07, 6.45) is 4.82. The molecule has 0 aliphatic carbocycles. The molecule has 1 amide bonds. The smallest absolute Gasteiger partial charge is 0.352 e. The second-order valence-corrected chi connectivity index (χ2v) is 28.9. The number of nitrogens with zero attached hydrogens (tertiary/aromatic N) is 2. The highest BCUT2D eigenvalue weighted by molar-refractivity contribution is 7.22. The molecule has 2 saturated heterocycles. The van der Waals surface area contributed by atoms with Gasteiger partial charge >= 0.3 is 5.97 Å². The van der Waals surface area contributed by atoms with E-state index in [-0.39, 0.29) is 11.6 Å². The van der Waals surface area contributed by atoms with Crippen molar-refractivity contribution in [3.05, 3.63) is 83.2 Å². The fraction of sp³-hybridized carbons (Fsp3) is 0.400. The molecule has 0 unspecified atom stereocenters. The number of rotatable bonds is 5. The van der Waals surface area contributed by atoms with Gasteiger partial charge in [-0.25, -0.2) is 14.8 Å². The van der Waals surface area contributed by atoms with Gasteiger partial charge in [0.2, 0.25) is 0 Å². The molecule has 8 rings (SSSR count). The van der Waals surface area contributed by atoms with Gasteiger partial charge in [0.1, 0.15) is 32.7 Å². The molecule has 0 spiro atoms. The lowest BCUT2D eigenvalue weighted by Gasteiger charge is -2.33. The van der Waals surface area contributed by atoms with Crippen LogP contribution < -0.4 is 11.1 Å². The maximum absolute atomic E-state index is 12.6. The van der Waals surface area contributed by atoms with Crippen LogP contribution in [-0.4, -0.2) is 65.2 Å². The Morgan fingerprint density at radius 1 is 0.736 bits per heavy atom. The number of hydrogen-bond acceptors (Lipinski definition) is 7. The summed E-state index contributed by atoms with van der Waals surface area (Å²) in [7, 11) is -1.70. The van der Waals surface area contributed by atoms with E-state index in [1.807, 2.05) is 49.4 Å². The lowest BCUT2D eigenvalue weighted by atomic mass is 10.1. The first-order valence-corrected chi connectivity index (χ1v) is 27.0. The van der Waals surface area contributed by atoms with Gasteiger partial charge in [0.15, 0.2) is 0 Å². The van der Waals surface area contributed by atoms with Crippen LogP contribution in [-0.2, 0) is 0 Å². The first-order chi connectivity index (χ1) is 25.2. The van der Waals surface area contributed by atoms with Crippen molar-refractivity contribution in [1.82, 2.24) is 25.3 Å². The Morgan fingerprint density at radius 2 is 1.17 bits per heavy atom. The van der Waals surface area contributed by atoms with E-state index in [1.165, 1.54) is 53.9 Å². The Bertz CT molecular complexity index is 2130. The second-order valence-electron chi connectivity index (χ2n) is 16.2. The van der Waals surface area contributed by atoms with Gasteiger partial charge < -0.3 is 26.1 Å². The molecule has 0 radical (unpaired) electrons. The highest BCUT2D eigenvalue weighted by Crippen LogP contribution is 2.34. The summed E-state index contributed by atoms with van der Waals surface area (Å²) in [4.78, 5) is 38.6. The van der Waals surface area contributed by atoms with Gasteiger partial charge in [-0.1, -0.05) is 98.9 Å². The number of carbonyl (C=O) groups is 2. The summed E-state index contributed by atoms with van der Waals surface area (Å²) in [6.45, 7) is 14.0. The number of aryl methyl sites for hydroxylation is 2. The van der Waals surface area contributed by atoms with E-state index in [1.54, 1.807) is 17.4 Å². The molecule has 280 valence electrons. The molecule has 53 heavy (non-hydrogen) atoms. The minimum absolute atomic E-state index is 0.000913. The number of benzene rings is 2. The zero-order valence-electron chi connectivity index (χ0n) is 31.6. The number of thiazole rings is 2. The van der Waals surface area contributed by atoms with Gasteiger partial charge in [-0.05, 0) is 62.8 Å². The molecule has 13 heteroatoms. The largest absolute Gasteiger partial charge is 0.477 e. The van der Waals surface area contributed by atoms with Crippen LogP contribution in [0.15, 0.2) is 60.7 Å². The molecule has 2 aliphatic rings. The molecular weight excluding hydrogens is 733 g/mol. The van der Waals surface area contributed by atoms with Crippen molar-refractivity contribution in [2.45, 2.75) is 102 Å². The summed E-state index contributed by atoms with van der Waals surface area (Å²) in [5.41, 5.74) is 12.6. The molecule has 0 bridgehead atoms. The van der Waals surface area contributed by atoms with Gasteiger partial charge in [-0.15, -0.1) is 22.7 Å². The number of nitrogens with two attached hydrogens (primary N) is 1. The van der Waals surface area contributed by atoms with Crippen molar-refractivity contribution in [1.29, 1.82) is 0 Å². The molecule has 0 atom stereocenters. The zero-order chi connectivity index (χ0) is 37.9. The summed E-state index contributed by atoms with van der Waals surface area (Å²) in [6, 6.07) is 26.2. The summed E-state index contributed by atoms with van der Waals surface area (Å²) >= 11 is 3.13. The number of H-pyrrole nitrogens is 2. The highest BCUT2D eigenvalue weighted by atomic mass is 32.1. The SMILES string of the molecule is C[Si]1(C)CCC(N)CC1.Cc1ccccc1-c1nc2[nH]c(C(=O)NC3CC[Si](C)(C)CC3)cc2s1.Cc1ccccc1-c1nc2[nH]c(C(=O)O)cc2s1. The van der Waals surface area contributed by atoms with Gasteiger partial charge in [0.05, 0.1) is 9.40 Å². The van der Waals surface area contributed by atoms with Crippen LogP contribution >= 0.6 is 22.7 Å². The van der Waals surface area contributed by atoms with Crippen molar-refractivity contribution in [3.63, 3.8) is 0 Å². The van der Waals surface area contributed by atoms with Crippen LogP contribution in [0.5, 0.6) is 0 Å². The minimum atomic E-state index is -0.989. The Morgan fingerprint density at radius 3 is 1.60 bits per heavy atom. The number of carbonyl (C=O) groups excluding carboxylic acids is 1. The van der Waals surface area contributed by atoms with E-state index in [9.17, 15) is 9.59 Å². The Kier molecular flexibility index (Phi) is 11.9. The minimum Gasteiger partial charge on any atom is -0.477 e. The number of aromatic nitrogens is 4. The third-order valence-electron chi connectivity index (χ3n) is 10.6. The number of aromatic carboxylic acids is 1. The Balaban J connectivity index is 0.000000153. The van der Waals surface area contributed by atoms with E-state index in [0.29, 0.717) is 23.4 Å². The summed E-state index contributed by atoms with van der Waals surface area (Å²) < 4.78 is 1.90. The molecule has 9 nitrogen and oxygen atoms in total. The lowest BCUT2D eigenvalue weighted by Crippen LogP contribution is -2.42. The molecule has 6 aromatic rings. The first kappa shape index (κ1) is 38.8. The van der Waals surface area contributed by atoms with Crippen molar-refractivity contribution in [2.75, 3.05) is 0 Å². The standard InChI is InChI=1S/C20H25N3OSSi.C13H10N2O2S.C7H17NSi/c1-13-6-4-5-7-15(13)20-23-18-17(25-20)12-16(22-18)19(24)21-14-8-10-26(2,3)11-9-14;1-7-4-2-3-5-8(7)12-15-11-10(18-12)6-9(14-11)13(16)17;1-9(2)5-3-7(8)4-6-9/h4-7,12,14,22H,8-11H2,1-3H3,(H,21,24);2-6,14H,1H3,(H,16,17);7H,3-6,8H2,1-2H3. The van der Waals surface area contributed by atoms with Gasteiger partial charge in [0.25, 0.3) is 5.91 Å². The number of aromatic amines is 2. The fourth-order valence-electron chi connectivity index (χ4n) is 6.95. The third-order valence-corrected chi connectivity index (χ3v) is 19.3. The Hall–Kier alpha value is -3.89. The number of carboxylic acid groups (broad SMARTS) is 1. The average molecular weight is 785 g/mol. The van der Waals surface area contributed by atoms with Crippen molar-refractivity contribution < 1.29 is 14.7 Å². The first-order valence-electron chi connectivity index (χ1n) is 18.6. The van der Waals surface area contributed by atoms with Crippen LogP contribution in [0, 0.1) is 13.8 Å². The van der Waals surface area contributed by atoms with Crippen LogP contribution in [0.25, 0.3) is 41.8 Å². The molecule has 6 N–H and O–H groups in total. The predicted molar refractivity (Wildman–Crippen MR) is 227 cm³/mol. The van der Waals surface area contributed by atoms with Crippen molar-refractivity contribution in [3.8, 4) is 21.1 Å². The normalized spacial score (nSPS) is 17.1. The number of carboxylic acids is 1. The van der Waals surface area contributed by atoms with Crippen LogP contribution in [0.2, 0.25) is 50.4 Å². The fourth-order valence-corrected chi connectivity index (χ4v) is 14.1. The monoisotopic (exact) mass is 784 g/mol. The van der Waals surface area contributed by atoms with Crippen LogP contribution in [0.3, 0.4) is 0 Å². The van der Waals surface area contributed by atoms with E-state index < -0.39 is 22.1 Å².